The maximum atomic E-state index is 12.5. The number of hydrogen-bond donors (Lipinski definition) is 0. The molecule has 3 amide bonds. The van der Waals surface area contributed by atoms with Crippen LogP contribution in [0.5, 0.6) is 5.75 Å². The molecule has 0 N–H and O–H groups in total. The minimum atomic E-state index is -0.435. The topological polar surface area (TPSA) is 76.2 Å². The molecule has 1 aromatic rings. The predicted molar refractivity (Wildman–Crippen MR) is 97.7 cm³/mol. The summed E-state index contributed by atoms with van der Waals surface area (Å²) in [5.41, 5.74) is 0.790. The lowest BCUT2D eigenvalue weighted by Crippen LogP contribution is -2.46. The van der Waals surface area contributed by atoms with Crippen LogP contribution >= 0.6 is 11.8 Å². The molecule has 0 unspecified atom stereocenters. The monoisotopic (exact) mass is 376 g/mol. The molecule has 26 heavy (non-hydrogen) atoms. The molecule has 8 heteroatoms. The molecule has 0 atom stereocenters. The lowest BCUT2D eigenvalue weighted by Gasteiger charge is -2.28. The summed E-state index contributed by atoms with van der Waals surface area (Å²) < 4.78 is 10.6. The highest BCUT2D eigenvalue weighted by atomic mass is 32.2. The minimum Gasteiger partial charge on any atom is -0.494 e. The number of nitrogens with zero attached hydrogens (tertiary/aromatic N) is 2. The number of ether oxygens (including phenoxy) is 2. The van der Waals surface area contributed by atoms with Crippen LogP contribution in [0.1, 0.15) is 12.5 Å². The van der Waals surface area contributed by atoms with E-state index < -0.39 is 11.1 Å². The first kappa shape index (κ1) is 18.5. The Kier molecular flexibility index (Phi) is 5.95. The van der Waals surface area contributed by atoms with E-state index in [-0.39, 0.29) is 12.5 Å². The van der Waals surface area contributed by atoms with Crippen molar-refractivity contribution in [2.45, 2.75) is 6.92 Å². The number of hydrogen-bond acceptors (Lipinski definition) is 6. The number of benzene rings is 1. The molecule has 0 saturated carbocycles. The summed E-state index contributed by atoms with van der Waals surface area (Å²) in [7, 11) is 0. The Morgan fingerprint density at radius 2 is 1.92 bits per heavy atom. The third-order valence-electron chi connectivity index (χ3n) is 4.02. The molecule has 0 aromatic heterocycles. The van der Waals surface area contributed by atoms with E-state index in [1.807, 2.05) is 31.2 Å². The molecule has 2 fully saturated rings. The number of thioether (sulfide) groups is 1. The summed E-state index contributed by atoms with van der Waals surface area (Å²) in [6.45, 7) is 4.17. The van der Waals surface area contributed by atoms with Crippen LogP contribution in [0.25, 0.3) is 6.08 Å². The largest absolute Gasteiger partial charge is 0.494 e. The molecule has 2 aliphatic rings. The number of imide groups is 1. The van der Waals surface area contributed by atoms with Gasteiger partial charge in [-0.05, 0) is 42.5 Å². The molecule has 0 bridgehead atoms. The van der Waals surface area contributed by atoms with E-state index in [0.717, 1.165) is 28.0 Å². The molecule has 0 radical (unpaired) electrons. The normalized spacial score (nSPS) is 19.3. The summed E-state index contributed by atoms with van der Waals surface area (Å²) in [5, 5.41) is -0.422. The highest BCUT2D eigenvalue weighted by Gasteiger charge is 2.37. The van der Waals surface area contributed by atoms with Crippen LogP contribution in [0.4, 0.5) is 4.79 Å². The fourth-order valence-corrected chi connectivity index (χ4v) is 3.50. The van der Waals surface area contributed by atoms with Gasteiger partial charge in [0.05, 0.1) is 24.7 Å². The third kappa shape index (κ3) is 4.25. The van der Waals surface area contributed by atoms with Crippen molar-refractivity contribution < 1.29 is 23.9 Å². The predicted octanol–water partition coefficient (Wildman–Crippen LogP) is 1.98. The van der Waals surface area contributed by atoms with E-state index >= 15 is 0 Å². The van der Waals surface area contributed by atoms with Gasteiger partial charge in [0.25, 0.3) is 11.1 Å². The Bertz CT molecular complexity index is 726. The Hall–Kier alpha value is -2.32. The van der Waals surface area contributed by atoms with Crippen LogP contribution in [0.15, 0.2) is 29.2 Å². The highest BCUT2D eigenvalue weighted by Crippen LogP contribution is 2.32. The van der Waals surface area contributed by atoms with Crippen LogP contribution in [0.2, 0.25) is 0 Å². The number of carbonyl (C=O) groups is 3. The van der Waals surface area contributed by atoms with Gasteiger partial charge in [0.1, 0.15) is 12.3 Å². The maximum Gasteiger partial charge on any atom is 0.294 e. The zero-order valence-corrected chi connectivity index (χ0v) is 15.3. The van der Waals surface area contributed by atoms with Gasteiger partial charge in [0, 0.05) is 13.1 Å². The minimum absolute atomic E-state index is 0.231. The molecule has 2 heterocycles. The van der Waals surface area contributed by atoms with Crippen LogP contribution in [0, 0.1) is 0 Å². The second kappa shape index (κ2) is 8.37. The number of amides is 3. The fourth-order valence-electron chi connectivity index (χ4n) is 2.66. The van der Waals surface area contributed by atoms with Gasteiger partial charge in [-0.1, -0.05) is 12.1 Å². The van der Waals surface area contributed by atoms with Crippen LogP contribution in [-0.2, 0) is 14.3 Å². The summed E-state index contributed by atoms with van der Waals surface area (Å²) in [4.78, 5) is 39.9. The van der Waals surface area contributed by atoms with Gasteiger partial charge in [0.2, 0.25) is 5.91 Å². The number of rotatable bonds is 5. The molecule has 3 rings (SSSR count). The summed E-state index contributed by atoms with van der Waals surface area (Å²) >= 11 is 0.852. The van der Waals surface area contributed by atoms with Crippen molar-refractivity contribution in [1.82, 2.24) is 9.80 Å². The summed E-state index contributed by atoms with van der Waals surface area (Å²) in [5.74, 6) is 0.0715. The van der Waals surface area contributed by atoms with E-state index in [1.54, 1.807) is 11.0 Å². The lowest BCUT2D eigenvalue weighted by molar-refractivity contribution is -0.139. The number of carbonyl (C=O) groups excluding carboxylic acids is 3. The first-order valence-corrected chi connectivity index (χ1v) is 9.24. The summed E-state index contributed by atoms with van der Waals surface area (Å²) in [6.07, 6.45) is 1.65. The van der Waals surface area contributed by atoms with Crippen LogP contribution < -0.4 is 4.74 Å². The zero-order chi connectivity index (χ0) is 18.5. The van der Waals surface area contributed by atoms with E-state index in [9.17, 15) is 14.4 Å². The van der Waals surface area contributed by atoms with Crippen LogP contribution in [0.3, 0.4) is 0 Å². The van der Waals surface area contributed by atoms with Crippen molar-refractivity contribution in [1.29, 1.82) is 0 Å². The van der Waals surface area contributed by atoms with E-state index in [0.29, 0.717) is 37.8 Å². The van der Waals surface area contributed by atoms with Gasteiger partial charge in [-0.3, -0.25) is 19.3 Å². The average molecular weight is 376 g/mol. The van der Waals surface area contributed by atoms with Gasteiger partial charge in [0.15, 0.2) is 0 Å². The fraction of sp³-hybridized carbons (Fsp3) is 0.389. The molecule has 0 spiro atoms. The molecule has 7 nitrogen and oxygen atoms in total. The van der Waals surface area contributed by atoms with Crippen molar-refractivity contribution in [2.24, 2.45) is 0 Å². The molecular formula is C18H20N2O5S. The van der Waals surface area contributed by atoms with Gasteiger partial charge in [-0.25, -0.2) is 0 Å². The van der Waals surface area contributed by atoms with Crippen molar-refractivity contribution in [3.63, 3.8) is 0 Å². The average Bonchev–Trinajstić information content (AvgIpc) is 2.91. The molecule has 138 valence electrons. The smallest absolute Gasteiger partial charge is 0.294 e. The molecular weight excluding hydrogens is 356 g/mol. The Morgan fingerprint density at radius 1 is 1.23 bits per heavy atom. The Labute approximate surface area is 155 Å². The first-order valence-electron chi connectivity index (χ1n) is 8.42. The Balaban J connectivity index is 1.66. The van der Waals surface area contributed by atoms with Gasteiger partial charge in [-0.2, -0.15) is 0 Å². The first-order chi connectivity index (χ1) is 12.6. The molecule has 0 aliphatic carbocycles. The van der Waals surface area contributed by atoms with Crippen molar-refractivity contribution in [3.8, 4) is 5.75 Å². The molecule has 1 aromatic carbocycles. The van der Waals surface area contributed by atoms with E-state index in [2.05, 4.69) is 0 Å². The van der Waals surface area contributed by atoms with Gasteiger partial charge >= 0.3 is 0 Å². The van der Waals surface area contributed by atoms with E-state index in [1.165, 1.54) is 0 Å². The van der Waals surface area contributed by atoms with E-state index in [4.69, 9.17) is 9.47 Å². The SMILES string of the molecule is CCOc1ccc(/C=C2/SC(=O)N(CC(=O)N3CCOCC3)C2=O)cc1. The zero-order valence-electron chi connectivity index (χ0n) is 14.5. The van der Waals surface area contributed by atoms with Crippen LogP contribution in [-0.4, -0.2) is 66.3 Å². The standard InChI is InChI=1S/C18H20N2O5S/c1-2-25-14-5-3-13(4-6-14)11-15-17(22)20(18(23)26-15)12-16(21)19-7-9-24-10-8-19/h3-6,11H,2,7-10,12H2,1H3/b15-11+. The van der Waals surface area contributed by atoms with Crippen molar-refractivity contribution in [3.05, 3.63) is 34.7 Å². The van der Waals surface area contributed by atoms with Crippen molar-refractivity contribution >= 4 is 34.9 Å². The number of morpholine rings is 1. The summed E-state index contributed by atoms with van der Waals surface area (Å²) in [6, 6.07) is 7.25. The third-order valence-corrected chi connectivity index (χ3v) is 4.93. The molecule has 2 aliphatic heterocycles. The second-order valence-electron chi connectivity index (χ2n) is 5.76. The highest BCUT2D eigenvalue weighted by molar-refractivity contribution is 8.18. The van der Waals surface area contributed by atoms with Gasteiger partial charge in [-0.15, -0.1) is 0 Å². The lowest BCUT2D eigenvalue weighted by atomic mass is 10.2. The molecule has 2 saturated heterocycles. The quantitative estimate of drug-likeness (QED) is 0.732. The Morgan fingerprint density at radius 3 is 2.58 bits per heavy atom. The van der Waals surface area contributed by atoms with Gasteiger partial charge < -0.3 is 14.4 Å². The maximum absolute atomic E-state index is 12.5. The second-order valence-corrected chi connectivity index (χ2v) is 6.76. The van der Waals surface area contributed by atoms with Crippen molar-refractivity contribution in [2.75, 3.05) is 39.5 Å².